The number of aryl methyl sites for hydroxylation is 1. The standard InChI is InChI=1S/C13H13N5O3S/c1-3-6-14-12(19)9-4-5-11(10(7-9)18(20)21)22-13-16-15-8-17(13)2/h3-5,7-8H,1,6H2,2H3,(H,14,19). The van der Waals surface area contributed by atoms with Gasteiger partial charge in [-0.2, -0.15) is 0 Å². The van der Waals surface area contributed by atoms with Crippen molar-refractivity contribution in [2.45, 2.75) is 10.1 Å². The highest BCUT2D eigenvalue weighted by molar-refractivity contribution is 7.99. The van der Waals surface area contributed by atoms with E-state index < -0.39 is 10.8 Å². The summed E-state index contributed by atoms with van der Waals surface area (Å²) in [6, 6.07) is 4.31. The Labute approximate surface area is 130 Å². The van der Waals surface area contributed by atoms with Gasteiger partial charge in [0.2, 0.25) is 0 Å². The van der Waals surface area contributed by atoms with Gasteiger partial charge in [-0.1, -0.05) is 6.08 Å². The second-order valence-corrected chi connectivity index (χ2v) is 5.27. The van der Waals surface area contributed by atoms with Crippen LogP contribution in [0.3, 0.4) is 0 Å². The molecule has 9 heteroatoms. The van der Waals surface area contributed by atoms with Crippen LogP contribution < -0.4 is 5.32 Å². The molecule has 0 fully saturated rings. The molecule has 22 heavy (non-hydrogen) atoms. The molecule has 114 valence electrons. The molecule has 0 aliphatic rings. The minimum Gasteiger partial charge on any atom is -0.349 e. The van der Waals surface area contributed by atoms with E-state index >= 15 is 0 Å². The smallest absolute Gasteiger partial charge is 0.284 e. The fraction of sp³-hybridized carbons (Fsp3) is 0.154. The van der Waals surface area contributed by atoms with Gasteiger partial charge in [-0.25, -0.2) is 0 Å². The summed E-state index contributed by atoms with van der Waals surface area (Å²) < 4.78 is 1.65. The lowest BCUT2D eigenvalue weighted by Crippen LogP contribution is -2.23. The number of carbonyl (C=O) groups is 1. The quantitative estimate of drug-likeness (QED) is 0.494. The molecule has 0 atom stereocenters. The highest BCUT2D eigenvalue weighted by atomic mass is 32.2. The van der Waals surface area contributed by atoms with Gasteiger partial charge in [0.25, 0.3) is 11.6 Å². The predicted octanol–water partition coefficient (Wildman–Crippen LogP) is 1.79. The summed E-state index contributed by atoms with van der Waals surface area (Å²) in [6.45, 7) is 3.79. The highest BCUT2D eigenvalue weighted by Crippen LogP contribution is 2.34. The van der Waals surface area contributed by atoms with Crippen LogP contribution in [-0.2, 0) is 7.05 Å². The van der Waals surface area contributed by atoms with Gasteiger partial charge in [0.1, 0.15) is 6.33 Å². The van der Waals surface area contributed by atoms with E-state index in [1.165, 1.54) is 30.6 Å². The molecule has 8 nitrogen and oxygen atoms in total. The van der Waals surface area contributed by atoms with Gasteiger partial charge in [0, 0.05) is 25.2 Å². The first kappa shape index (κ1) is 15.7. The Morgan fingerprint density at radius 2 is 2.36 bits per heavy atom. The predicted molar refractivity (Wildman–Crippen MR) is 80.8 cm³/mol. The lowest BCUT2D eigenvalue weighted by molar-refractivity contribution is -0.387. The van der Waals surface area contributed by atoms with Crippen LogP contribution in [0, 0.1) is 10.1 Å². The average Bonchev–Trinajstić information content (AvgIpc) is 2.90. The van der Waals surface area contributed by atoms with E-state index in [1.54, 1.807) is 11.6 Å². The third-order valence-electron chi connectivity index (χ3n) is 2.70. The Kier molecular flexibility index (Phi) is 4.89. The highest BCUT2D eigenvalue weighted by Gasteiger charge is 2.19. The summed E-state index contributed by atoms with van der Waals surface area (Å²) >= 11 is 1.11. The van der Waals surface area contributed by atoms with Crippen LogP contribution in [0.25, 0.3) is 0 Å². The summed E-state index contributed by atoms with van der Waals surface area (Å²) in [5, 5.41) is 21.9. The third-order valence-corrected chi connectivity index (χ3v) is 3.81. The van der Waals surface area contributed by atoms with Crippen molar-refractivity contribution in [3.63, 3.8) is 0 Å². The molecule has 1 aromatic heterocycles. The van der Waals surface area contributed by atoms with Crippen molar-refractivity contribution in [2.75, 3.05) is 6.54 Å². The first-order chi connectivity index (χ1) is 10.5. The molecule has 1 N–H and O–H groups in total. The molecule has 1 aromatic carbocycles. The zero-order valence-corrected chi connectivity index (χ0v) is 12.5. The van der Waals surface area contributed by atoms with E-state index in [-0.39, 0.29) is 11.3 Å². The number of amides is 1. The summed E-state index contributed by atoms with van der Waals surface area (Å²) in [4.78, 5) is 22.9. The molecule has 0 saturated carbocycles. The van der Waals surface area contributed by atoms with Crippen LogP contribution in [0.2, 0.25) is 0 Å². The van der Waals surface area contributed by atoms with Gasteiger partial charge in [0.15, 0.2) is 5.16 Å². The van der Waals surface area contributed by atoms with Crippen LogP contribution in [0.15, 0.2) is 47.2 Å². The first-order valence-electron chi connectivity index (χ1n) is 6.22. The van der Waals surface area contributed by atoms with Crippen LogP contribution in [-0.4, -0.2) is 32.1 Å². The maximum absolute atomic E-state index is 11.8. The number of hydrogen-bond donors (Lipinski definition) is 1. The number of rotatable bonds is 6. The van der Waals surface area contributed by atoms with Crippen molar-refractivity contribution >= 4 is 23.4 Å². The van der Waals surface area contributed by atoms with Gasteiger partial charge < -0.3 is 9.88 Å². The van der Waals surface area contributed by atoms with Crippen LogP contribution in [0.1, 0.15) is 10.4 Å². The number of benzene rings is 1. The monoisotopic (exact) mass is 319 g/mol. The minimum absolute atomic E-state index is 0.153. The fourth-order valence-electron chi connectivity index (χ4n) is 1.62. The second kappa shape index (κ2) is 6.85. The van der Waals surface area contributed by atoms with Crippen molar-refractivity contribution < 1.29 is 9.72 Å². The van der Waals surface area contributed by atoms with Gasteiger partial charge in [-0.05, 0) is 23.9 Å². The van der Waals surface area contributed by atoms with E-state index in [1.807, 2.05) is 0 Å². The van der Waals surface area contributed by atoms with Crippen molar-refractivity contribution in [2.24, 2.45) is 7.05 Å². The Morgan fingerprint density at radius 3 is 2.95 bits per heavy atom. The summed E-state index contributed by atoms with van der Waals surface area (Å²) in [6.07, 6.45) is 3.04. The summed E-state index contributed by atoms with van der Waals surface area (Å²) in [5.41, 5.74) is 0.0649. The molecule has 0 aliphatic carbocycles. The molecule has 0 aliphatic heterocycles. The normalized spacial score (nSPS) is 10.2. The van der Waals surface area contributed by atoms with E-state index in [2.05, 4.69) is 22.1 Å². The number of nitrogens with zero attached hydrogens (tertiary/aromatic N) is 4. The summed E-state index contributed by atoms with van der Waals surface area (Å²) in [5.74, 6) is -0.391. The molecule has 0 saturated heterocycles. The largest absolute Gasteiger partial charge is 0.349 e. The van der Waals surface area contributed by atoms with Crippen LogP contribution >= 0.6 is 11.8 Å². The van der Waals surface area contributed by atoms with Gasteiger partial charge in [-0.15, -0.1) is 16.8 Å². The number of nitro benzene ring substituents is 1. The first-order valence-corrected chi connectivity index (χ1v) is 7.04. The third kappa shape index (κ3) is 3.50. The zero-order chi connectivity index (χ0) is 16.1. The SMILES string of the molecule is C=CCNC(=O)c1ccc(Sc2nncn2C)c([N+](=O)[O-])c1. The number of nitro groups is 1. The van der Waals surface area contributed by atoms with E-state index in [0.717, 1.165) is 11.8 Å². The van der Waals surface area contributed by atoms with E-state index in [4.69, 9.17) is 0 Å². The Balaban J connectivity index is 2.31. The average molecular weight is 319 g/mol. The molecule has 1 amide bonds. The fourth-order valence-corrected chi connectivity index (χ4v) is 2.47. The molecule has 0 radical (unpaired) electrons. The molecular formula is C13H13N5O3S. The van der Waals surface area contributed by atoms with Crippen molar-refractivity contribution in [3.05, 3.63) is 52.9 Å². The number of nitrogens with one attached hydrogen (secondary N) is 1. The molecule has 0 bridgehead atoms. The number of hydrogen-bond acceptors (Lipinski definition) is 6. The Morgan fingerprint density at radius 1 is 1.59 bits per heavy atom. The maximum Gasteiger partial charge on any atom is 0.284 e. The Bertz CT molecular complexity index is 728. The van der Waals surface area contributed by atoms with Crippen molar-refractivity contribution in [1.29, 1.82) is 0 Å². The zero-order valence-electron chi connectivity index (χ0n) is 11.7. The van der Waals surface area contributed by atoms with Gasteiger partial charge >= 0.3 is 0 Å². The van der Waals surface area contributed by atoms with Gasteiger partial charge in [0.05, 0.1) is 9.82 Å². The molecule has 2 aromatic rings. The van der Waals surface area contributed by atoms with Crippen LogP contribution in [0.4, 0.5) is 5.69 Å². The van der Waals surface area contributed by atoms with Crippen molar-refractivity contribution in [3.8, 4) is 0 Å². The van der Waals surface area contributed by atoms with Gasteiger partial charge in [-0.3, -0.25) is 14.9 Å². The topological polar surface area (TPSA) is 103 Å². The minimum atomic E-state index is -0.525. The second-order valence-electron chi connectivity index (χ2n) is 4.26. The van der Waals surface area contributed by atoms with E-state index in [9.17, 15) is 14.9 Å². The number of carbonyl (C=O) groups excluding carboxylic acids is 1. The van der Waals surface area contributed by atoms with Crippen molar-refractivity contribution in [1.82, 2.24) is 20.1 Å². The van der Waals surface area contributed by atoms with Crippen LogP contribution in [0.5, 0.6) is 0 Å². The van der Waals surface area contributed by atoms with E-state index in [0.29, 0.717) is 16.6 Å². The summed E-state index contributed by atoms with van der Waals surface area (Å²) in [7, 11) is 1.74. The molecular weight excluding hydrogens is 306 g/mol. The lowest BCUT2D eigenvalue weighted by Gasteiger charge is -2.05. The molecule has 0 spiro atoms. The molecule has 2 rings (SSSR count). The Hall–Kier alpha value is -2.68. The lowest BCUT2D eigenvalue weighted by atomic mass is 10.2. The maximum atomic E-state index is 11.8. The molecule has 0 unspecified atom stereocenters. The molecule has 1 heterocycles. The number of aromatic nitrogens is 3.